The van der Waals surface area contributed by atoms with Crippen molar-refractivity contribution in [2.45, 2.75) is 155 Å². The number of aromatic amines is 1. The van der Waals surface area contributed by atoms with Crippen molar-refractivity contribution >= 4 is 58.2 Å². The Labute approximate surface area is 432 Å². The van der Waals surface area contributed by atoms with Gasteiger partial charge in [-0.1, -0.05) is 79.5 Å². The number of amides is 8. The Morgan fingerprint density at radius 3 is 2.11 bits per heavy atom. The Hall–Kier alpha value is -5.66. The highest BCUT2D eigenvalue weighted by molar-refractivity contribution is 6.12. The van der Waals surface area contributed by atoms with Crippen molar-refractivity contribution < 1.29 is 47.8 Å². The average molecular weight is 1020 g/mol. The highest BCUT2D eigenvalue weighted by Crippen LogP contribution is 2.30. The molecule has 73 heavy (non-hydrogen) atoms. The summed E-state index contributed by atoms with van der Waals surface area (Å²) in [6.45, 7) is 15.1. The Balaban J connectivity index is 1.30. The highest BCUT2D eigenvalue weighted by atomic mass is 16.5. The minimum Gasteiger partial charge on any atom is -0.379 e. The number of likely N-dealkylation sites (N-methyl/N-ethyl adjacent to an activating group) is 2. The Bertz CT molecular complexity index is 2190. The molecule has 19 heteroatoms. The first-order chi connectivity index (χ1) is 34.7. The molecule has 0 saturated carbocycles. The Kier molecular flexibility index (Phi) is 24.0. The molecule has 3 heterocycles. The third-order valence-electron chi connectivity index (χ3n) is 14.7. The number of methoxy groups -OCH3 is 2. The number of rotatable bonds is 30. The molecule has 406 valence electrons. The fourth-order valence-electron chi connectivity index (χ4n) is 10.4. The quantitative estimate of drug-likeness (QED) is 0.0422. The molecule has 0 bridgehead atoms. The van der Waals surface area contributed by atoms with Gasteiger partial charge in [-0.25, -0.2) is 0 Å². The van der Waals surface area contributed by atoms with E-state index in [0.29, 0.717) is 71.1 Å². The molecule has 1 fully saturated rings. The van der Waals surface area contributed by atoms with Crippen molar-refractivity contribution in [1.29, 1.82) is 0 Å². The fraction of sp³-hybridized carbons (Fsp3) is 0.667. The van der Waals surface area contributed by atoms with Gasteiger partial charge >= 0.3 is 0 Å². The van der Waals surface area contributed by atoms with Gasteiger partial charge in [-0.2, -0.15) is 0 Å². The van der Waals surface area contributed by atoms with Crippen molar-refractivity contribution in [3.05, 3.63) is 48.2 Å². The minimum absolute atomic E-state index is 0.00230. The number of carbonyl (C=O) groups excluding carboxylic acids is 8. The Morgan fingerprint density at radius 1 is 0.836 bits per heavy atom. The van der Waals surface area contributed by atoms with E-state index in [1.165, 1.54) is 12.2 Å². The minimum atomic E-state index is -0.891. The van der Waals surface area contributed by atoms with Crippen LogP contribution in [-0.2, 0) is 54.3 Å². The molecule has 7 unspecified atom stereocenters. The number of carbonyl (C=O) groups is 8. The number of hydrazine groups is 1. The zero-order valence-electron chi connectivity index (χ0n) is 45.3. The number of imide groups is 1. The number of H-pyrrole nitrogens is 1. The molecule has 0 spiro atoms. The molecule has 5 N–H and O–H groups in total. The normalized spacial score (nSPS) is 17.7. The molecule has 19 nitrogen and oxygen atoms in total. The van der Waals surface area contributed by atoms with E-state index < -0.39 is 36.3 Å². The van der Waals surface area contributed by atoms with Gasteiger partial charge in [-0.3, -0.25) is 59.0 Å². The van der Waals surface area contributed by atoms with Crippen LogP contribution in [-0.4, -0.2) is 163 Å². The number of fused-ring (bicyclic) bond motifs is 1. The highest BCUT2D eigenvalue weighted by Gasteiger charge is 2.43. The van der Waals surface area contributed by atoms with Gasteiger partial charge in [0.1, 0.15) is 6.04 Å². The van der Waals surface area contributed by atoms with Gasteiger partial charge in [0.2, 0.25) is 35.4 Å². The van der Waals surface area contributed by atoms with E-state index in [0.717, 1.165) is 27.8 Å². The summed E-state index contributed by atoms with van der Waals surface area (Å²) in [6.07, 6.45) is 8.40. The smallest absolute Gasteiger partial charge is 0.253 e. The summed E-state index contributed by atoms with van der Waals surface area (Å²) in [5.41, 5.74) is 7.04. The lowest BCUT2D eigenvalue weighted by Gasteiger charge is -2.41. The van der Waals surface area contributed by atoms with Crippen LogP contribution in [0.4, 0.5) is 0 Å². The molecule has 2 aliphatic rings. The van der Waals surface area contributed by atoms with Crippen LogP contribution in [0, 0.1) is 23.7 Å². The third-order valence-corrected chi connectivity index (χ3v) is 14.7. The van der Waals surface area contributed by atoms with Gasteiger partial charge in [0.25, 0.3) is 11.8 Å². The number of nitrogens with one attached hydrogen (secondary N) is 5. The second-order valence-corrected chi connectivity index (χ2v) is 20.6. The van der Waals surface area contributed by atoms with E-state index in [9.17, 15) is 38.4 Å². The topological polar surface area (TPSA) is 232 Å². The van der Waals surface area contributed by atoms with E-state index in [-0.39, 0.29) is 90.3 Å². The molecule has 0 aliphatic carbocycles. The summed E-state index contributed by atoms with van der Waals surface area (Å²) >= 11 is 0. The number of nitrogens with zero attached hydrogens (tertiary/aromatic N) is 4. The van der Waals surface area contributed by atoms with E-state index in [4.69, 9.17) is 9.47 Å². The first-order valence-electron chi connectivity index (χ1n) is 26.3. The monoisotopic (exact) mass is 1020 g/mol. The summed E-state index contributed by atoms with van der Waals surface area (Å²) in [5, 5.41) is 7.27. The molecule has 8 atom stereocenters. The van der Waals surface area contributed by atoms with Gasteiger partial charge < -0.3 is 34.9 Å². The maximum Gasteiger partial charge on any atom is 0.253 e. The second-order valence-electron chi connectivity index (χ2n) is 20.6. The Morgan fingerprint density at radius 2 is 1.49 bits per heavy atom. The summed E-state index contributed by atoms with van der Waals surface area (Å²) in [6, 6.07) is 5.69. The van der Waals surface area contributed by atoms with Crippen molar-refractivity contribution in [2.24, 2.45) is 23.7 Å². The molecule has 2 aliphatic heterocycles. The van der Waals surface area contributed by atoms with Gasteiger partial charge in [-0.15, -0.1) is 0 Å². The van der Waals surface area contributed by atoms with Crippen molar-refractivity contribution in [3.8, 4) is 0 Å². The number of benzene rings is 1. The van der Waals surface area contributed by atoms with Gasteiger partial charge in [0, 0.05) is 83.0 Å². The average Bonchev–Trinajstić information content (AvgIpc) is 4.10. The summed E-state index contributed by atoms with van der Waals surface area (Å²) < 4.78 is 12.1. The van der Waals surface area contributed by atoms with Crippen molar-refractivity contribution in [2.75, 3.05) is 54.5 Å². The zero-order chi connectivity index (χ0) is 53.9. The molecule has 1 aromatic carbocycles. The number of likely N-dealkylation sites (tertiary alicyclic amines) is 1. The number of para-hydroxylation sites is 1. The van der Waals surface area contributed by atoms with Crippen LogP contribution in [0.3, 0.4) is 0 Å². The zero-order valence-corrected chi connectivity index (χ0v) is 45.3. The number of aromatic nitrogens is 1. The first-order valence-corrected chi connectivity index (χ1v) is 26.3. The lowest BCUT2D eigenvalue weighted by molar-refractivity contribution is -0.148. The molecular weight excluding hydrogens is 935 g/mol. The van der Waals surface area contributed by atoms with Crippen molar-refractivity contribution in [3.63, 3.8) is 0 Å². The molecular formula is C54H85N9O10. The number of hydrogen-bond donors (Lipinski definition) is 5. The van der Waals surface area contributed by atoms with Crippen LogP contribution < -0.4 is 21.5 Å². The van der Waals surface area contributed by atoms with E-state index in [1.54, 1.807) is 33.2 Å². The second kappa shape index (κ2) is 29.3. The largest absolute Gasteiger partial charge is 0.379 e. The first kappa shape index (κ1) is 59.9. The molecule has 1 saturated heterocycles. The lowest BCUT2D eigenvalue weighted by atomic mass is 9.89. The van der Waals surface area contributed by atoms with Crippen LogP contribution >= 0.6 is 0 Å². The summed E-state index contributed by atoms with van der Waals surface area (Å²) in [7, 11) is 6.64. The summed E-state index contributed by atoms with van der Waals surface area (Å²) in [5.74, 6) is -3.37. The van der Waals surface area contributed by atoms with Crippen LogP contribution in [0.25, 0.3) is 10.9 Å². The van der Waals surface area contributed by atoms with Gasteiger partial charge in [0.05, 0.1) is 42.7 Å². The van der Waals surface area contributed by atoms with Crippen LogP contribution in [0.2, 0.25) is 0 Å². The maximum absolute atomic E-state index is 14.6. The van der Waals surface area contributed by atoms with E-state index in [1.807, 2.05) is 82.7 Å². The standard InChI is InChI=1S/C54H85N9O10/c1-12-36(6)50(42(72-10)32-47(68)62-31-18-22-41(62)51(73-11)37(7)52(69)55-28-27-38-33-56-40-21-16-15-20-39(38)40)61(9)54(71)48(34(2)3)57-53(70)49(35(4)5)60(8)29-19-24-44(65)59-58-43(64)23-14-13-17-30-63-45(66)25-26-46(63)67/h15-16,20-21,25-26,33-37,41-42,48-51,56H,12-14,17-19,22-24,27-32H2,1-11H3,(H,55,69)(H,57,70)(H,58,64)(H,59,65)/t36?,37?,41-,42?,48?,49?,50?,51?/m0/s1. The van der Waals surface area contributed by atoms with Crippen LogP contribution in [0.1, 0.15) is 118 Å². The van der Waals surface area contributed by atoms with Crippen LogP contribution in [0.5, 0.6) is 0 Å². The third kappa shape index (κ3) is 16.7. The molecule has 4 rings (SSSR count). The van der Waals surface area contributed by atoms with Gasteiger partial charge in [-0.05, 0) is 81.5 Å². The predicted octanol–water partition coefficient (Wildman–Crippen LogP) is 4.26. The maximum atomic E-state index is 14.6. The predicted molar refractivity (Wildman–Crippen MR) is 279 cm³/mol. The number of unbranched alkanes of at least 4 members (excludes halogenated alkanes) is 2. The fourth-order valence-corrected chi connectivity index (χ4v) is 10.4. The van der Waals surface area contributed by atoms with Crippen LogP contribution in [0.15, 0.2) is 42.6 Å². The SMILES string of the molecule is CCC(C)C(C(CC(=O)N1CCC[C@H]1C(OC)C(C)C(=O)NCCc1c[nH]c2ccccc12)OC)N(C)C(=O)C(NC(=O)C(C(C)C)N(C)CCCC(=O)NNC(=O)CCCCCN1C(=O)C=CC1=O)C(C)C. The summed E-state index contributed by atoms with van der Waals surface area (Å²) in [4.78, 5) is 115. The van der Waals surface area contributed by atoms with E-state index >= 15 is 0 Å². The lowest BCUT2D eigenvalue weighted by Crippen LogP contribution is -2.60. The molecule has 2 aromatic rings. The number of ether oxygens (including phenoxy) is 2. The number of hydrogen-bond acceptors (Lipinski definition) is 11. The molecule has 1 aromatic heterocycles. The van der Waals surface area contributed by atoms with Gasteiger partial charge in [0.15, 0.2) is 0 Å². The molecule has 8 amide bonds. The van der Waals surface area contributed by atoms with E-state index in [2.05, 4.69) is 32.5 Å². The molecule has 0 radical (unpaired) electrons. The van der Waals surface area contributed by atoms with Crippen molar-refractivity contribution in [1.82, 2.24) is 46.1 Å².